The molecule has 1 atom stereocenters. The highest BCUT2D eigenvalue weighted by Crippen LogP contribution is 2.31. The monoisotopic (exact) mass is 507 g/mol. The van der Waals surface area contributed by atoms with Crippen molar-refractivity contribution in [3.8, 4) is 11.8 Å². The third kappa shape index (κ3) is 4.77. The van der Waals surface area contributed by atoms with Crippen LogP contribution in [0.2, 0.25) is 0 Å². The van der Waals surface area contributed by atoms with Crippen LogP contribution >= 0.6 is 0 Å². The Kier molecular flexibility index (Phi) is 6.61. The average molecular weight is 508 g/mol. The lowest BCUT2D eigenvalue weighted by molar-refractivity contribution is 0.0943. The molecule has 38 heavy (non-hydrogen) atoms. The van der Waals surface area contributed by atoms with Crippen molar-refractivity contribution in [3.63, 3.8) is 0 Å². The molecule has 4 N–H and O–H groups in total. The summed E-state index contributed by atoms with van der Waals surface area (Å²) in [6.07, 6.45) is 4.17. The van der Waals surface area contributed by atoms with Gasteiger partial charge in [0.15, 0.2) is 11.5 Å². The van der Waals surface area contributed by atoms with E-state index in [4.69, 9.17) is 15.7 Å². The van der Waals surface area contributed by atoms with Crippen LogP contribution in [0.1, 0.15) is 48.8 Å². The number of piperidine rings is 1. The van der Waals surface area contributed by atoms with Gasteiger partial charge in [0.25, 0.3) is 5.91 Å². The molecule has 1 aliphatic heterocycles. The van der Waals surface area contributed by atoms with Crippen molar-refractivity contribution in [1.82, 2.24) is 19.9 Å². The summed E-state index contributed by atoms with van der Waals surface area (Å²) in [6, 6.07) is 16.8. The summed E-state index contributed by atoms with van der Waals surface area (Å²) in [5.74, 6) is 7.30. The van der Waals surface area contributed by atoms with Crippen LogP contribution < -0.4 is 21.3 Å². The lowest BCUT2D eigenvalue weighted by atomic mass is 10.0. The predicted molar refractivity (Wildman–Crippen MR) is 152 cm³/mol. The number of pyridine rings is 1. The number of hydrogen-bond acceptors (Lipinski definition) is 6. The summed E-state index contributed by atoms with van der Waals surface area (Å²) in [5, 5.41) is 9.92. The number of carbonyl (C=O) groups excluding carboxylic acids is 1. The van der Waals surface area contributed by atoms with E-state index < -0.39 is 0 Å². The second kappa shape index (κ2) is 10.3. The molecular formula is C30H33N7O. The number of nitrogens with two attached hydrogens (primary N) is 1. The van der Waals surface area contributed by atoms with Gasteiger partial charge in [0, 0.05) is 35.9 Å². The maximum Gasteiger partial charge on any atom is 0.272 e. The number of fused-ring (bicyclic) bond motifs is 3. The largest absolute Gasteiger partial charge is 0.365 e. The lowest BCUT2D eigenvalue weighted by Gasteiger charge is -2.31. The van der Waals surface area contributed by atoms with E-state index in [1.54, 1.807) is 0 Å². The van der Waals surface area contributed by atoms with Crippen LogP contribution in [0.3, 0.4) is 0 Å². The van der Waals surface area contributed by atoms with Gasteiger partial charge in [-0.1, -0.05) is 48.4 Å². The molecule has 3 heterocycles. The fraction of sp³-hybridized carbons (Fsp3) is 0.367. The molecule has 8 heteroatoms. The summed E-state index contributed by atoms with van der Waals surface area (Å²) >= 11 is 0. The number of hydrogen-bond donors (Lipinski definition) is 3. The van der Waals surface area contributed by atoms with Gasteiger partial charge < -0.3 is 21.3 Å². The first-order chi connectivity index (χ1) is 18.6. The molecule has 1 saturated heterocycles. The van der Waals surface area contributed by atoms with Gasteiger partial charge >= 0.3 is 0 Å². The number of rotatable bonds is 7. The van der Waals surface area contributed by atoms with E-state index in [9.17, 15) is 4.79 Å². The summed E-state index contributed by atoms with van der Waals surface area (Å²) in [5.41, 5.74) is 8.56. The summed E-state index contributed by atoms with van der Waals surface area (Å²) in [7, 11) is 0. The number of anilines is 2. The number of benzene rings is 2. The second-order valence-electron chi connectivity index (χ2n) is 10.2. The van der Waals surface area contributed by atoms with Crippen LogP contribution in [0.25, 0.3) is 21.7 Å². The molecule has 6 rings (SSSR count). The van der Waals surface area contributed by atoms with Crippen LogP contribution in [-0.2, 0) is 13.1 Å². The zero-order chi connectivity index (χ0) is 26.1. The lowest BCUT2D eigenvalue weighted by Crippen LogP contribution is -2.44. The van der Waals surface area contributed by atoms with Gasteiger partial charge in [0.2, 0.25) is 5.95 Å². The van der Waals surface area contributed by atoms with Crippen molar-refractivity contribution < 1.29 is 4.79 Å². The highest BCUT2D eigenvalue weighted by molar-refractivity contribution is 6.06. The fourth-order valence-corrected chi connectivity index (χ4v) is 5.29. The fourth-order valence-electron chi connectivity index (χ4n) is 5.29. The Hall–Kier alpha value is -4.09. The molecule has 194 valence electrons. The van der Waals surface area contributed by atoms with E-state index >= 15 is 0 Å². The second-order valence-corrected chi connectivity index (χ2v) is 10.2. The quantitative estimate of drug-likeness (QED) is 0.258. The first kappa shape index (κ1) is 24.3. The highest BCUT2D eigenvalue weighted by atomic mass is 16.2. The number of amides is 1. The molecule has 2 aromatic heterocycles. The van der Waals surface area contributed by atoms with Gasteiger partial charge in [-0.05, 0) is 44.1 Å². The van der Waals surface area contributed by atoms with E-state index in [0.29, 0.717) is 37.2 Å². The zero-order valence-electron chi connectivity index (χ0n) is 21.7. The molecule has 0 spiro atoms. The summed E-state index contributed by atoms with van der Waals surface area (Å²) in [4.78, 5) is 25.9. The predicted octanol–water partition coefficient (Wildman–Crippen LogP) is 4.04. The minimum Gasteiger partial charge on any atom is -0.365 e. The Bertz CT molecular complexity index is 1560. The van der Waals surface area contributed by atoms with Gasteiger partial charge in [-0.25, -0.2) is 0 Å². The van der Waals surface area contributed by atoms with Crippen molar-refractivity contribution >= 4 is 39.3 Å². The molecule has 1 unspecified atom stereocenters. The zero-order valence-corrected chi connectivity index (χ0v) is 21.7. The van der Waals surface area contributed by atoms with E-state index in [1.165, 1.54) is 0 Å². The molecule has 0 bridgehead atoms. The minimum atomic E-state index is -0.190. The van der Waals surface area contributed by atoms with Crippen LogP contribution in [0, 0.1) is 11.8 Å². The Labute approximate surface area is 222 Å². The summed E-state index contributed by atoms with van der Waals surface area (Å²) in [6.45, 7) is 4.08. The SMILES string of the molecule is CC#CCn1c(N2CCCC(N)C2)nc(NC2CC2)c1C(=O)NCc1nc2ccccc2c2ccccc12. The highest BCUT2D eigenvalue weighted by Gasteiger charge is 2.31. The van der Waals surface area contributed by atoms with Crippen LogP contribution in [0.5, 0.6) is 0 Å². The number of aromatic nitrogens is 3. The van der Waals surface area contributed by atoms with Crippen molar-refractivity contribution in [1.29, 1.82) is 0 Å². The molecule has 0 radical (unpaired) electrons. The van der Waals surface area contributed by atoms with Gasteiger partial charge in [0.1, 0.15) is 0 Å². The Morgan fingerprint density at radius 3 is 2.58 bits per heavy atom. The Balaban J connectivity index is 1.36. The maximum absolute atomic E-state index is 13.9. The van der Waals surface area contributed by atoms with E-state index in [-0.39, 0.29) is 11.9 Å². The van der Waals surface area contributed by atoms with Crippen molar-refractivity contribution in [2.45, 2.75) is 57.8 Å². The molecule has 1 aliphatic carbocycles. The van der Waals surface area contributed by atoms with Gasteiger partial charge in [-0.2, -0.15) is 4.98 Å². The maximum atomic E-state index is 13.9. The van der Waals surface area contributed by atoms with E-state index in [2.05, 4.69) is 45.6 Å². The molecule has 1 saturated carbocycles. The van der Waals surface area contributed by atoms with Crippen LogP contribution in [0.15, 0.2) is 48.5 Å². The molecular weight excluding hydrogens is 474 g/mol. The first-order valence-corrected chi connectivity index (χ1v) is 13.4. The third-order valence-corrected chi connectivity index (χ3v) is 7.34. The molecule has 2 aromatic carbocycles. The third-order valence-electron chi connectivity index (χ3n) is 7.34. The minimum absolute atomic E-state index is 0.0931. The average Bonchev–Trinajstić information content (AvgIpc) is 3.69. The Morgan fingerprint density at radius 1 is 1.05 bits per heavy atom. The summed E-state index contributed by atoms with van der Waals surface area (Å²) < 4.78 is 1.94. The molecule has 2 fully saturated rings. The molecule has 1 amide bonds. The van der Waals surface area contributed by atoms with Crippen molar-refractivity contribution in [2.75, 3.05) is 23.3 Å². The number of para-hydroxylation sites is 1. The molecule has 8 nitrogen and oxygen atoms in total. The van der Waals surface area contributed by atoms with Crippen LogP contribution in [0.4, 0.5) is 11.8 Å². The standard InChI is InChI=1S/C30H33N7O/c1-2-3-17-37-27(28(33-21-14-15-21)35-30(37)36-16-8-9-20(31)19-36)29(38)32-18-26-24-12-5-4-10-22(24)23-11-6-7-13-25(23)34-26/h4-7,10-13,20-21,33H,8-9,14-19,31H2,1H3,(H,32,38). The van der Waals surface area contributed by atoms with E-state index in [0.717, 1.165) is 65.5 Å². The van der Waals surface area contributed by atoms with Gasteiger partial charge in [-0.3, -0.25) is 14.3 Å². The van der Waals surface area contributed by atoms with Crippen molar-refractivity contribution in [2.24, 2.45) is 5.73 Å². The van der Waals surface area contributed by atoms with Crippen LogP contribution in [-0.4, -0.2) is 45.6 Å². The van der Waals surface area contributed by atoms with Gasteiger partial charge in [0.05, 0.1) is 24.3 Å². The normalized spacial score (nSPS) is 17.3. The number of nitrogens with one attached hydrogen (secondary N) is 2. The number of imidazole rings is 1. The van der Waals surface area contributed by atoms with E-state index in [1.807, 2.05) is 41.8 Å². The smallest absolute Gasteiger partial charge is 0.272 e. The van der Waals surface area contributed by atoms with Gasteiger partial charge in [-0.15, -0.1) is 5.92 Å². The number of carbonyl (C=O) groups is 1. The topological polar surface area (TPSA) is 101 Å². The molecule has 2 aliphatic rings. The molecule has 4 aromatic rings. The number of nitrogens with zero attached hydrogens (tertiary/aromatic N) is 4. The van der Waals surface area contributed by atoms with Crippen molar-refractivity contribution in [3.05, 3.63) is 59.9 Å². The Morgan fingerprint density at radius 2 is 1.82 bits per heavy atom. The first-order valence-electron chi connectivity index (χ1n) is 13.4.